The van der Waals surface area contributed by atoms with Gasteiger partial charge < -0.3 is 5.32 Å². The van der Waals surface area contributed by atoms with Gasteiger partial charge in [-0.2, -0.15) is 5.10 Å². The molecule has 2 rings (SSSR count). The van der Waals surface area contributed by atoms with Gasteiger partial charge in [-0.1, -0.05) is 0 Å². The maximum atomic E-state index is 12.0. The molecule has 23 heavy (non-hydrogen) atoms. The summed E-state index contributed by atoms with van der Waals surface area (Å²) in [6.45, 7) is 4.27. The lowest BCUT2D eigenvalue weighted by atomic mass is 10.3. The average Bonchev–Trinajstić information content (AvgIpc) is 2.72. The highest BCUT2D eigenvalue weighted by Gasteiger charge is 2.11. The van der Waals surface area contributed by atoms with Gasteiger partial charge in [-0.05, 0) is 54.0 Å². The van der Waals surface area contributed by atoms with E-state index in [0.29, 0.717) is 12.2 Å². The largest absolute Gasteiger partial charge is 0.326 e. The van der Waals surface area contributed by atoms with Gasteiger partial charge >= 0.3 is 0 Å². The summed E-state index contributed by atoms with van der Waals surface area (Å²) >= 11 is 3.44. The van der Waals surface area contributed by atoms with Gasteiger partial charge in [-0.3, -0.25) is 9.48 Å². The minimum absolute atomic E-state index is 0.00277. The van der Waals surface area contributed by atoms with Crippen molar-refractivity contribution in [2.75, 3.05) is 5.32 Å². The van der Waals surface area contributed by atoms with Crippen molar-refractivity contribution in [3.63, 3.8) is 0 Å². The molecular weight excluding hydrogens is 384 g/mol. The van der Waals surface area contributed by atoms with Crippen LogP contribution in [-0.2, 0) is 21.4 Å². The zero-order valence-electron chi connectivity index (χ0n) is 12.7. The van der Waals surface area contributed by atoms with Gasteiger partial charge in [0, 0.05) is 17.8 Å². The van der Waals surface area contributed by atoms with Crippen LogP contribution < -0.4 is 10.5 Å². The number of primary sulfonamides is 1. The van der Waals surface area contributed by atoms with E-state index in [1.54, 1.807) is 4.68 Å². The fraction of sp³-hybridized carbons (Fsp3) is 0.286. The molecule has 2 aromatic rings. The first-order valence-electron chi connectivity index (χ1n) is 6.80. The van der Waals surface area contributed by atoms with Crippen LogP contribution in [0.2, 0.25) is 0 Å². The third-order valence-electron chi connectivity index (χ3n) is 3.31. The number of hydrogen-bond acceptors (Lipinski definition) is 4. The Morgan fingerprint density at radius 2 is 1.91 bits per heavy atom. The van der Waals surface area contributed by atoms with Crippen LogP contribution in [0.5, 0.6) is 0 Å². The third-order valence-corrected chi connectivity index (χ3v) is 5.39. The lowest BCUT2D eigenvalue weighted by Crippen LogP contribution is -2.16. The van der Waals surface area contributed by atoms with Crippen LogP contribution in [0.15, 0.2) is 33.6 Å². The highest BCUT2D eigenvalue weighted by Crippen LogP contribution is 2.20. The molecule has 7 nitrogen and oxygen atoms in total. The highest BCUT2D eigenvalue weighted by molar-refractivity contribution is 9.10. The summed E-state index contributed by atoms with van der Waals surface area (Å²) in [6, 6.07) is 5.70. The molecule has 124 valence electrons. The van der Waals surface area contributed by atoms with Crippen molar-refractivity contribution >= 4 is 37.5 Å². The Bertz CT molecular complexity index is 828. The fourth-order valence-electron chi connectivity index (χ4n) is 2.05. The SMILES string of the molecule is Cc1nn(CCC(=O)Nc2ccc(S(N)(=O)=O)cc2)c(C)c1Br. The summed E-state index contributed by atoms with van der Waals surface area (Å²) in [5.41, 5.74) is 2.35. The zero-order chi connectivity index (χ0) is 17.2. The standard InChI is InChI=1S/C14H17BrN4O3S/c1-9-14(15)10(2)19(18-9)8-7-13(20)17-11-3-5-12(6-4-11)23(16,21)22/h3-6H,7-8H2,1-2H3,(H,17,20)(H2,16,21,22). The number of nitrogens with two attached hydrogens (primary N) is 1. The van der Waals surface area contributed by atoms with Crippen LogP contribution in [0.3, 0.4) is 0 Å². The number of rotatable bonds is 5. The van der Waals surface area contributed by atoms with Crippen molar-refractivity contribution < 1.29 is 13.2 Å². The third kappa shape index (κ3) is 4.40. The Labute approximate surface area is 143 Å². The molecule has 0 saturated heterocycles. The molecule has 0 fully saturated rings. The van der Waals surface area contributed by atoms with Crippen LogP contribution >= 0.6 is 15.9 Å². The topological polar surface area (TPSA) is 107 Å². The van der Waals surface area contributed by atoms with Gasteiger partial charge in [-0.15, -0.1) is 0 Å². The summed E-state index contributed by atoms with van der Waals surface area (Å²) in [5, 5.41) is 12.1. The number of amides is 1. The first kappa shape index (κ1) is 17.6. The molecule has 9 heteroatoms. The lowest BCUT2D eigenvalue weighted by Gasteiger charge is -2.07. The van der Waals surface area contributed by atoms with Crippen LogP contribution in [0.4, 0.5) is 5.69 Å². The number of nitrogens with one attached hydrogen (secondary N) is 1. The molecule has 3 N–H and O–H groups in total. The molecular formula is C14H17BrN4O3S. The van der Waals surface area contributed by atoms with Crippen molar-refractivity contribution in [2.45, 2.75) is 31.7 Å². The van der Waals surface area contributed by atoms with Gasteiger partial charge in [0.15, 0.2) is 0 Å². The number of anilines is 1. The number of aryl methyl sites for hydroxylation is 2. The van der Waals surface area contributed by atoms with Gasteiger partial charge in [-0.25, -0.2) is 13.6 Å². The first-order valence-corrected chi connectivity index (χ1v) is 9.14. The minimum atomic E-state index is -3.73. The van der Waals surface area contributed by atoms with E-state index >= 15 is 0 Å². The Morgan fingerprint density at radius 3 is 2.39 bits per heavy atom. The number of aromatic nitrogens is 2. The van der Waals surface area contributed by atoms with Gasteiger partial charge in [0.2, 0.25) is 15.9 Å². The molecule has 1 amide bonds. The number of carbonyl (C=O) groups excluding carboxylic acids is 1. The summed E-state index contributed by atoms with van der Waals surface area (Å²) < 4.78 is 25.0. The second kappa shape index (κ2) is 6.81. The van der Waals surface area contributed by atoms with E-state index in [0.717, 1.165) is 15.9 Å². The maximum absolute atomic E-state index is 12.0. The predicted octanol–water partition coefficient (Wildman–Crippen LogP) is 1.94. The normalized spacial score (nSPS) is 11.5. The highest BCUT2D eigenvalue weighted by atomic mass is 79.9. The number of benzene rings is 1. The minimum Gasteiger partial charge on any atom is -0.326 e. The fourth-order valence-corrected chi connectivity index (χ4v) is 2.85. The molecule has 0 bridgehead atoms. The number of carbonyl (C=O) groups is 1. The van der Waals surface area contributed by atoms with E-state index in [1.165, 1.54) is 24.3 Å². The van der Waals surface area contributed by atoms with E-state index < -0.39 is 10.0 Å². The summed E-state index contributed by atoms with van der Waals surface area (Å²) in [5.74, 6) is -0.183. The average molecular weight is 401 g/mol. The van der Waals surface area contributed by atoms with Crippen molar-refractivity contribution in [3.8, 4) is 0 Å². The van der Waals surface area contributed by atoms with E-state index in [-0.39, 0.29) is 17.2 Å². The van der Waals surface area contributed by atoms with Crippen LogP contribution in [0.1, 0.15) is 17.8 Å². The monoisotopic (exact) mass is 400 g/mol. The van der Waals surface area contributed by atoms with Gasteiger partial charge in [0.05, 0.1) is 21.6 Å². The Kier molecular flexibility index (Phi) is 5.23. The van der Waals surface area contributed by atoms with Crippen molar-refractivity contribution in [2.24, 2.45) is 5.14 Å². The number of nitrogens with zero attached hydrogens (tertiary/aromatic N) is 2. The molecule has 0 unspecified atom stereocenters. The van der Waals surface area contributed by atoms with E-state index in [1.807, 2.05) is 13.8 Å². The maximum Gasteiger partial charge on any atom is 0.238 e. The first-order chi connectivity index (χ1) is 10.7. The molecule has 0 aliphatic heterocycles. The molecule has 0 spiro atoms. The van der Waals surface area contributed by atoms with Crippen molar-refractivity contribution in [3.05, 3.63) is 40.1 Å². The second-order valence-corrected chi connectivity index (χ2v) is 7.43. The second-order valence-electron chi connectivity index (χ2n) is 5.08. The molecule has 1 aromatic carbocycles. The van der Waals surface area contributed by atoms with Crippen LogP contribution in [0, 0.1) is 13.8 Å². The lowest BCUT2D eigenvalue weighted by molar-refractivity contribution is -0.116. The number of sulfonamides is 1. The molecule has 0 saturated carbocycles. The van der Waals surface area contributed by atoms with Crippen molar-refractivity contribution in [1.29, 1.82) is 0 Å². The predicted molar refractivity (Wildman–Crippen MR) is 90.5 cm³/mol. The van der Waals surface area contributed by atoms with Crippen LogP contribution in [-0.4, -0.2) is 24.1 Å². The van der Waals surface area contributed by atoms with Crippen molar-refractivity contribution in [1.82, 2.24) is 9.78 Å². The smallest absolute Gasteiger partial charge is 0.238 e. The molecule has 1 aromatic heterocycles. The number of hydrogen-bond donors (Lipinski definition) is 2. The van der Waals surface area contributed by atoms with E-state index in [2.05, 4.69) is 26.3 Å². The molecule has 0 radical (unpaired) electrons. The Balaban J connectivity index is 1.96. The number of halogens is 1. The van der Waals surface area contributed by atoms with E-state index in [4.69, 9.17) is 5.14 Å². The molecule has 1 heterocycles. The van der Waals surface area contributed by atoms with Gasteiger partial charge in [0.1, 0.15) is 0 Å². The Morgan fingerprint density at radius 1 is 1.30 bits per heavy atom. The quantitative estimate of drug-likeness (QED) is 0.798. The molecule has 0 atom stereocenters. The Hall–Kier alpha value is -1.71. The molecule has 0 aliphatic carbocycles. The summed E-state index contributed by atoms with van der Waals surface area (Å²) in [4.78, 5) is 12.0. The van der Waals surface area contributed by atoms with Crippen LogP contribution in [0.25, 0.3) is 0 Å². The summed E-state index contributed by atoms with van der Waals surface area (Å²) in [7, 11) is -3.73. The summed E-state index contributed by atoms with van der Waals surface area (Å²) in [6.07, 6.45) is 0.255. The molecule has 0 aliphatic rings. The zero-order valence-corrected chi connectivity index (χ0v) is 15.1. The van der Waals surface area contributed by atoms with E-state index in [9.17, 15) is 13.2 Å². The van der Waals surface area contributed by atoms with Gasteiger partial charge in [0.25, 0.3) is 0 Å².